The van der Waals surface area contributed by atoms with E-state index in [-0.39, 0.29) is 11.8 Å². The zero-order valence-corrected chi connectivity index (χ0v) is 17.2. The molecule has 2 aromatic heterocycles. The highest BCUT2D eigenvalue weighted by Crippen LogP contribution is 2.27. The third-order valence-electron chi connectivity index (χ3n) is 6.20. The molecule has 30 heavy (non-hydrogen) atoms. The van der Waals surface area contributed by atoms with Gasteiger partial charge in [-0.3, -0.25) is 14.7 Å². The maximum Gasteiger partial charge on any atom is 0.224 e. The van der Waals surface area contributed by atoms with Gasteiger partial charge >= 0.3 is 0 Å². The summed E-state index contributed by atoms with van der Waals surface area (Å²) in [5.74, 6) is 0.993. The van der Waals surface area contributed by atoms with Gasteiger partial charge in [0.15, 0.2) is 0 Å². The van der Waals surface area contributed by atoms with Crippen molar-refractivity contribution in [1.82, 2.24) is 20.2 Å². The first kappa shape index (κ1) is 20.3. The van der Waals surface area contributed by atoms with E-state index in [1.807, 2.05) is 24.3 Å². The normalized spacial score (nSPS) is 20.5. The van der Waals surface area contributed by atoms with Crippen LogP contribution in [-0.4, -0.2) is 53.0 Å². The molecule has 2 aliphatic heterocycles. The summed E-state index contributed by atoms with van der Waals surface area (Å²) in [5.41, 5.74) is 1.66. The van der Waals surface area contributed by atoms with E-state index in [4.69, 9.17) is 0 Å². The molecule has 7 nitrogen and oxygen atoms in total. The summed E-state index contributed by atoms with van der Waals surface area (Å²) in [6.45, 7) is 4.21. The number of nitrogens with one attached hydrogen (secondary N) is 1. The average Bonchev–Trinajstić information content (AvgIpc) is 2.83. The molecule has 1 N–H and O–H groups in total. The van der Waals surface area contributed by atoms with Gasteiger partial charge in [0.05, 0.1) is 11.5 Å². The molecule has 1 unspecified atom stereocenters. The van der Waals surface area contributed by atoms with Crippen LogP contribution in [0.4, 0.5) is 5.82 Å². The van der Waals surface area contributed by atoms with Gasteiger partial charge in [-0.1, -0.05) is 6.07 Å². The smallest absolute Gasteiger partial charge is 0.224 e. The predicted octanol–water partition coefficient (Wildman–Crippen LogP) is 2.35. The fourth-order valence-electron chi connectivity index (χ4n) is 4.57. The molecule has 0 radical (unpaired) electrons. The van der Waals surface area contributed by atoms with Crippen LogP contribution in [0.3, 0.4) is 0 Å². The summed E-state index contributed by atoms with van der Waals surface area (Å²) in [6.07, 6.45) is 9.36. The maximum absolute atomic E-state index is 12.7. The Bertz CT molecular complexity index is 888. The Hall–Kier alpha value is -2.98. The maximum atomic E-state index is 12.7. The number of aromatic nitrogens is 2. The Kier molecular flexibility index (Phi) is 6.55. The number of rotatable bonds is 5. The van der Waals surface area contributed by atoms with Crippen molar-refractivity contribution in [1.29, 1.82) is 5.26 Å². The van der Waals surface area contributed by atoms with Gasteiger partial charge in [-0.05, 0) is 56.0 Å². The van der Waals surface area contributed by atoms with Crippen LogP contribution in [0.1, 0.15) is 36.8 Å². The van der Waals surface area contributed by atoms with Crippen molar-refractivity contribution in [2.45, 2.75) is 38.3 Å². The zero-order chi connectivity index (χ0) is 20.8. The van der Waals surface area contributed by atoms with Gasteiger partial charge in [-0.25, -0.2) is 4.98 Å². The molecule has 2 aliphatic rings. The van der Waals surface area contributed by atoms with Crippen LogP contribution in [0, 0.1) is 17.2 Å². The molecule has 0 saturated carbocycles. The Balaban J connectivity index is 1.29. The number of hydrogen-bond acceptors (Lipinski definition) is 6. The number of pyridine rings is 2. The third-order valence-corrected chi connectivity index (χ3v) is 6.20. The molecule has 7 heteroatoms. The van der Waals surface area contributed by atoms with Crippen molar-refractivity contribution in [2.75, 3.05) is 31.1 Å². The third kappa shape index (κ3) is 4.77. The minimum Gasteiger partial charge on any atom is -0.355 e. The largest absolute Gasteiger partial charge is 0.355 e. The fourth-order valence-corrected chi connectivity index (χ4v) is 4.57. The molecule has 2 saturated heterocycles. The SMILES string of the molecule is N#Cc1cccnc1N1CCC(N2CCCC(C(=O)NCc3cccnc3)C2)CC1. The molecule has 156 valence electrons. The summed E-state index contributed by atoms with van der Waals surface area (Å²) in [5, 5.41) is 12.4. The number of likely N-dealkylation sites (tertiary alicyclic amines) is 1. The quantitative estimate of drug-likeness (QED) is 0.823. The van der Waals surface area contributed by atoms with E-state index < -0.39 is 0 Å². The number of carbonyl (C=O) groups excluding carboxylic acids is 1. The van der Waals surface area contributed by atoms with Crippen molar-refractivity contribution >= 4 is 11.7 Å². The molecule has 4 rings (SSSR count). The molecule has 0 aromatic carbocycles. The van der Waals surface area contributed by atoms with E-state index in [9.17, 15) is 10.1 Å². The highest BCUT2D eigenvalue weighted by atomic mass is 16.1. The first-order valence-corrected chi connectivity index (χ1v) is 10.8. The van der Waals surface area contributed by atoms with Gasteiger partial charge in [-0.2, -0.15) is 5.26 Å². The van der Waals surface area contributed by atoms with Crippen LogP contribution in [0.15, 0.2) is 42.9 Å². The standard InChI is InChI=1S/C23H28N6O/c24-14-19-5-2-10-26-22(19)28-12-7-21(8-13-28)29-11-3-6-20(17-29)23(30)27-16-18-4-1-9-25-15-18/h1-2,4-5,9-10,15,20-21H,3,6-8,11-13,16-17H2,(H,27,30). The van der Waals surface area contributed by atoms with E-state index in [1.165, 1.54) is 0 Å². The lowest BCUT2D eigenvalue weighted by molar-refractivity contribution is -0.127. The lowest BCUT2D eigenvalue weighted by atomic mass is 9.93. The number of anilines is 1. The summed E-state index contributed by atoms with van der Waals surface area (Å²) >= 11 is 0. The van der Waals surface area contributed by atoms with Gasteiger partial charge < -0.3 is 10.2 Å². The second-order valence-corrected chi connectivity index (χ2v) is 8.12. The predicted molar refractivity (Wildman–Crippen MR) is 115 cm³/mol. The number of nitrogens with zero attached hydrogens (tertiary/aromatic N) is 5. The number of amides is 1. The van der Waals surface area contributed by atoms with E-state index >= 15 is 0 Å². The van der Waals surface area contributed by atoms with Crippen LogP contribution in [0.5, 0.6) is 0 Å². The first-order valence-electron chi connectivity index (χ1n) is 10.8. The van der Waals surface area contributed by atoms with Crippen molar-refractivity contribution in [2.24, 2.45) is 5.92 Å². The second kappa shape index (κ2) is 9.68. The van der Waals surface area contributed by atoms with E-state index in [1.54, 1.807) is 18.6 Å². The molecule has 0 aliphatic carbocycles. The monoisotopic (exact) mass is 404 g/mol. The number of hydrogen-bond donors (Lipinski definition) is 1. The minimum atomic E-state index is 0.0504. The summed E-state index contributed by atoms with van der Waals surface area (Å²) in [7, 11) is 0. The Morgan fingerprint density at radius 3 is 2.77 bits per heavy atom. The van der Waals surface area contributed by atoms with Crippen molar-refractivity contribution < 1.29 is 4.79 Å². The molecule has 0 bridgehead atoms. The highest BCUT2D eigenvalue weighted by Gasteiger charge is 2.32. The summed E-state index contributed by atoms with van der Waals surface area (Å²) in [4.78, 5) is 25.9. The topological polar surface area (TPSA) is 85.2 Å². The number of nitriles is 1. The molecule has 2 fully saturated rings. The molecular formula is C23H28N6O. The number of piperidine rings is 2. The first-order chi connectivity index (χ1) is 14.7. The van der Waals surface area contributed by atoms with Gasteiger partial charge in [-0.15, -0.1) is 0 Å². The average molecular weight is 405 g/mol. The van der Waals surface area contributed by atoms with E-state index in [0.717, 1.165) is 63.2 Å². The molecule has 1 amide bonds. The van der Waals surface area contributed by atoms with Crippen LogP contribution in [0.2, 0.25) is 0 Å². The lowest BCUT2D eigenvalue weighted by Gasteiger charge is -2.42. The molecule has 0 spiro atoms. The Morgan fingerprint density at radius 2 is 2.00 bits per heavy atom. The second-order valence-electron chi connectivity index (χ2n) is 8.12. The molecule has 1 atom stereocenters. The molecule has 4 heterocycles. The Labute approximate surface area is 177 Å². The van der Waals surface area contributed by atoms with E-state index in [2.05, 4.69) is 31.2 Å². The van der Waals surface area contributed by atoms with Crippen LogP contribution >= 0.6 is 0 Å². The van der Waals surface area contributed by atoms with Crippen LogP contribution in [-0.2, 0) is 11.3 Å². The van der Waals surface area contributed by atoms with Gasteiger partial charge in [0.2, 0.25) is 5.91 Å². The summed E-state index contributed by atoms with van der Waals surface area (Å²) < 4.78 is 0. The number of carbonyl (C=O) groups is 1. The lowest BCUT2D eigenvalue weighted by Crippen LogP contribution is -2.51. The summed E-state index contributed by atoms with van der Waals surface area (Å²) in [6, 6.07) is 10.2. The van der Waals surface area contributed by atoms with Crippen LogP contribution < -0.4 is 10.2 Å². The minimum absolute atomic E-state index is 0.0504. The van der Waals surface area contributed by atoms with E-state index in [0.29, 0.717) is 18.2 Å². The van der Waals surface area contributed by atoms with Gasteiger partial charge in [0.25, 0.3) is 0 Å². The van der Waals surface area contributed by atoms with Gasteiger partial charge in [0.1, 0.15) is 11.9 Å². The van der Waals surface area contributed by atoms with Crippen molar-refractivity contribution in [3.63, 3.8) is 0 Å². The molecular weight excluding hydrogens is 376 g/mol. The van der Waals surface area contributed by atoms with Crippen molar-refractivity contribution in [3.05, 3.63) is 54.0 Å². The van der Waals surface area contributed by atoms with Gasteiger partial charge in [0, 0.05) is 50.8 Å². The Morgan fingerprint density at radius 1 is 1.17 bits per heavy atom. The highest BCUT2D eigenvalue weighted by molar-refractivity contribution is 5.79. The zero-order valence-electron chi connectivity index (χ0n) is 17.2. The molecule has 2 aromatic rings. The van der Waals surface area contributed by atoms with Crippen LogP contribution in [0.25, 0.3) is 0 Å². The fraction of sp³-hybridized carbons (Fsp3) is 0.478. The van der Waals surface area contributed by atoms with Crippen molar-refractivity contribution in [3.8, 4) is 6.07 Å².